The van der Waals surface area contributed by atoms with E-state index in [4.69, 9.17) is 9.47 Å². The molecule has 0 unspecified atom stereocenters. The number of aromatic nitrogens is 3. The van der Waals surface area contributed by atoms with Gasteiger partial charge in [-0.1, -0.05) is 0 Å². The fourth-order valence-corrected chi connectivity index (χ4v) is 5.23. The van der Waals surface area contributed by atoms with Crippen LogP contribution in [0.4, 0.5) is 14.5 Å². The van der Waals surface area contributed by atoms with Crippen LogP contribution in [-0.2, 0) is 28.4 Å². The number of halogens is 2. The first kappa shape index (κ1) is 29.4. The Kier molecular flexibility index (Phi) is 8.71. The molecule has 2 aromatic heterocycles. The highest BCUT2D eigenvalue weighted by Gasteiger charge is 2.20. The van der Waals surface area contributed by atoms with Crippen molar-refractivity contribution in [1.82, 2.24) is 19.2 Å². The van der Waals surface area contributed by atoms with Crippen LogP contribution < -0.4 is 15.0 Å². The van der Waals surface area contributed by atoms with E-state index >= 15 is 0 Å². The summed E-state index contributed by atoms with van der Waals surface area (Å²) in [7, 11) is -2.03. The van der Waals surface area contributed by atoms with E-state index in [0.29, 0.717) is 48.1 Å². The van der Waals surface area contributed by atoms with Crippen LogP contribution in [0.3, 0.4) is 0 Å². The summed E-state index contributed by atoms with van der Waals surface area (Å²) in [4.78, 5) is 15.1. The zero-order valence-corrected chi connectivity index (χ0v) is 24.0. The number of rotatable bonds is 10. The molecule has 3 heterocycles. The summed E-state index contributed by atoms with van der Waals surface area (Å²) < 4.78 is 69.8. The maximum absolute atomic E-state index is 14.6. The lowest BCUT2D eigenvalue weighted by Gasteiger charge is -2.26. The molecule has 4 aromatic rings. The number of hydrogen-bond donors (Lipinski definition) is 1. The predicted molar refractivity (Wildman–Crippen MR) is 155 cm³/mol. The molecular formula is C29H31F2N5O5S. The lowest BCUT2D eigenvalue weighted by Crippen LogP contribution is -2.38. The van der Waals surface area contributed by atoms with Gasteiger partial charge in [0.15, 0.2) is 11.6 Å². The third-order valence-corrected chi connectivity index (χ3v) is 8.27. The van der Waals surface area contributed by atoms with Gasteiger partial charge >= 0.3 is 0 Å². The highest BCUT2D eigenvalue weighted by atomic mass is 32.2. The van der Waals surface area contributed by atoms with E-state index in [-0.39, 0.29) is 28.5 Å². The average Bonchev–Trinajstić information content (AvgIpc) is 3.45. The Bertz CT molecular complexity index is 1750. The van der Waals surface area contributed by atoms with Crippen molar-refractivity contribution in [2.45, 2.75) is 13.5 Å². The number of nitrogens with one attached hydrogen (secondary N) is 1. The van der Waals surface area contributed by atoms with Crippen molar-refractivity contribution in [1.29, 1.82) is 0 Å². The average molecular weight is 600 g/mol. The first-order chi connectivity index (χ1) is 20.1. The molecule has 42 heavy (non-hydrogen) atoms. The van der Waals surface area contributed by atoms with Crippen LogP contribution in [0.25, 0.3) is 22.3 Å². The molecule has 5 rings (SSSR count). The van der Waals surface area contributed by atoms with E-state index < -0.39 is 21.7 Å². The van der Waals surface area contributed by atoms with E-state index in [1.807, 2.05) is 6.20 Å². The molecule has 1 N–H and O–H groups in total. The molecule has 1 aliphatic rings. The number of sulfonamides is 1. The first-order valence-corrected chi connectivity index (χ1v) is 15.1. The van der Waals surface area contributed by atoms with Crippen molar-refractivity contribution >= 4 is 15.7 Å². The molecular weight excluding hydrogens is 568 g/mol. The Hall–Kier alpha value is -4.07. The summed E-state index contributed by atoms with van der Waals surface area (Å²) in [6, 6.07) is 8.94. The number of nitrogens with zero attached hydrogens (tertiary/aromatic N) is 4. The van der Waals surface area contributed by atoms with Gasteiger partial charge < -0.3 is 14.0 Å². The lowest BCUT2D eigenvalue weighted by atomic mass is 9.97. The van der Waals surface area contributed by atoms with Gasteiger partial charge in [-0.15, -0.1) is 0 Å². The number of ether oxygens (including phenoxy) is 2. The molecule has 10 nitrogen and oxygen atoms in total. The molecule has 0 bridgehead atoms. The number of hydrogen-bond acceptors (Lipinski definition) is 7. The molecule has 1 aliphatic heterocycles. The second-order valence-corrected chi connectivity index (χ2v) is 11.9. The summed E-state index contributed by atoms with van der Waals surface area (Å²) >= 11 is 0. The standard InChI is InChI=1S/C29H31F2N5O5S/c1-3-42(38,39)33-22-5-7-27(41-28-6-4-21(30)14-26(28)31)24(15-22)25-19-34(2)29(37)16-23(25)20-17-32-36(18-20)9-8-35-10-12-40-13-11-35/h4-7,14-19,33H,3,8-13H2,1-2H3. The SMILES string of the molecule is CCS(=O)(=O)Nc1ccc(Oc2ccc(F)cc2F)c(-c2cn(C)c(=O)cc2-c2cnn(CCN3CCOCC3)c2)c1. The van der Waals surface area contributed by atoms with Gasteiger partial charge in [-0.25, -0.2) is 17.2 Å². The van der Waals surface area contributed by atoms with Crippen LogP contribution in [0.2, 0.25) is 0 Å². The van der Waals surface area contributed by atoms with Gasteiger partial charge in [-0.3, -0.25) is 19.1 Å². The Morgan fingerprint density at radius 3 is 2.48 bits per heavy atom. The topological polar surface area (TPSA) is 108 Å². The van der Waals surface area contributed by atoms with E-state index in [0.717, 1.165) is 25.7 Å². The zero-order chi connectivity index (χ0) is 29.9. The van der Waals surface area contributed by atoms with Gasteiger partial charge in [0.25, 0.3) is 5.56 Å². The summed E-state index contributed by atoms with van der Waals surface area (Å²) in [5, 5.41) is 4.49. The minimum Gasteiger partial charge on any atom is -0.454 e. The molecule has 222 valence electrons. The highest BCUT2D eigenvalue weighted by Crippen LogP contribution is 2.40. The van der Waals surface area contributed by atoms with Gasteiger partial charge in [-0.2, -0.15) is 5.10 Å². The summed E-state index contributed by atoms with van der Waals surface area (Å²) in [5.74, 6) is -1.86. The van der Waals surface area contributed by atoms with Crippen LogP contribution in [0, 0.1) is 11.6 Å². The molecule has 0 spiro atoms. The van der Waals surface area contributed by atoms with Gasteiger partial charge in [0.05, 0.1) is 31.7 Å². The van der Waals surface area contributed by atoms with Gasteiger partial charge in [0, 0.05) is 73.6 Å². The molecule has 0 saturated carbocycles. The summed E-state index contributed by atoms with van der Waals surface area (Å²) in [6.45, 7) is 6.02. The minimum atomic E-state index is -3.62. The Morgan fingerprint density at radius 1 is 0.976 bits per heavy atom. The van der Waals surface area contributed by atoms with E-state index in [1.54, 1.807) is 30.2 Å². The molecule has 1 fully saturated rings. The van der Waals surface area contributed by atoms with Crippen molar-refractivity contribution in [3.05, 3.63) is 83.0 Å². The Morgan fingerprint density at radius 2 is 1.74 bits per heavy atom. The second-order valence-electron chi connectivity index (χ2n) is 9.89. The first-order valence-electron chi connectivity index (χ1n) is 13.4. The third kappa shape index (κ3) is 6.86. The van der Waals surface area contributed by atoms with Crippen LogP contribution in [0.1, 0.15) is 6.92 Å². The van der Waals surface area contributed by atoms with Gasteiger partial charge in [0.2, 0.25) is 10.0 Å². The summed E-state index contributed by atoms with van der Waals surface area (Å²) in [5.41, 5.74) is 2.05. The number of benzene rings is 2. The normalized spacial score (nSPS) is 14.2. The molecule has 1 saturated heterocycles. The molecule has 0 aliphatic carbocycles. The van der Waals surface area contributed by atoms with Crippen molar-refractivity contribution < 1.29 is 26.7 Å². The number of aryl methyl sites for hydroxylation is 1. The second kappa shape index (κ2) is 12.4. The fourth-order valence-electron chi connectivity index (χ4n) is 4.60. The fraction of sp³-hybridized carbons (Fsp3) is 0.310. The van der Waals surface area contributed by atoms with E-state index in [9.17, 15) is 22.0 Å². The smallest absolute Gasteiger partial charge is 0.250 e. The predicted octanol–water partition coefficient (Wildman–Crippen LogP) is 4.08. The monoisotopic (exact) mass is 599 g/mol. The number of morpholine rings is 1. The van der Waals surface area contributed by atoms with Crippen molar-refractivity contribution in [2.24, 2.45) is 7.05 Å². The van der Waals surface area contributed by atoms with Crippen LogP contribution in [0.15, 0.2) is 65.8 Å². The van der Waals surface area contributed by atoms with Crippen LogP contribution >= 0.6 is 0 Å². The van der Waals surface area contributed by atoms with E-state index in [2.05, 4.69) is 14.7 Å². The molecule has 0 radical (unpaired) electrons. The minimum absolute atomic E-state index is 0.143. The maximum Gasteiger partial charge on any atom is 0.250 e. The molecule has 0 atom stereocenters. The highest BCUT2D eigenvalue weighted by molar-refractivity contribution is 7.92. The van der Waals surface area contributed by atoms with Crippen molar-refractivity contribution in [2.75, 3.05) is 43.3 Å². The maximum atomic E-state index is 14.6. The largest absolute Gasteiger partial charge is 0.454 e. The Labute approximate surface area is 242 Å². The van der Waals surface area contributed by atoms with E-state index in [1.165, 1.54) is 35.8 Å². The van der Waals surface area contributed by atoms with Gasteiger partial charge in [-0.05, 0) is 42.8 Å². The number of pyridine rings is 1. The molecule has 2 aromatic carbocycles. The van der Waals surface area contributed by atoms with Gasteiger partial charge in [0.1, 0.15) is 11.6 Å². The van der Waals surface area contributed by atoms with Crippen molar-refractivity contribution in [3.8, 4) is 33.8 Å². The third-order valence-electron chi connectivity index (χ3n) is 6.96. The van der Waals surface area contributed by atoms with Crippen LogP contribution in [0.5, 0.6) is 11.5 Å². The zero-order valence-electron chi connectivity index (χ0n) is 23.2. The lowest BCUT2D eigenvalue weighted by molar-refractivity contribution is 0.0360. The summed E-state index contributed by atoms with van der Waals surface area (Å²) in [6.07, 6.45) is 5.09. The quantitative estimate of drug-likeness (QED) is 0.293. The molecule has 0 amide bonds. The molecule has 13 heteroatoms. The Balaban J connectivity index is 1.57. The number of anilines is 1. The van der Waals surface area contributed by atoms with Crippen LogP contribution in [-0.4, -0.2) is 66.3 Å². The van der Waals surface area contributed by atoms with Crippen molar-refractivity contribution in [3.63, 3.8) is 0 Å².